The van der Waals surface area contributed by atoms with Gasteiger partial charge in [-0.05, 0) is 31.0 Å². The highest BCUT2D eigenvalue weighted by molar-refractivity contribution is 8.13. The molecule has 1 saturated carbocycles. The van der Waals surface area contributed by atoms with Gasteiger partial charge in [-0.3, -0.25) is 0 Å². The van der Waals surface area contributed by atoms with Crippen LogP contribution in [0.1, 0.15) is 12.8 Å². The van der Waals surface area contributed by atoms with Crippen molar-refractivity contribution in [2.75, 3.05) is 7.11 Å². The quantitative estimate of drug-likeness (QED) is 0.800. The van der Waals surface area contributed by atoms with E-state index in [9.17, 15) is 21.2 Å². The molecule has 1 fully saturated rings. The maximum atomic E-state index is 13.8. The van der Waals surface area contributed by atoms with Crippen LogP contribution in [0.5, 0.6) is 0 Å². The second-order valence-electron chi connectivity index (χ2n) is 4.68. The molecule has 1 aromatic carbocycles. The average Bonchev–Trinajstić information content (AvgIpc) is 2.31. The van der Waals surface area contributed by atoms with Crippen LogP contribution >= 0.6 is 10.7 Å². The molecule has 0 spiro atoms. The van der Waals surface area contributed by atoms with E-state index >= 15 is 0 Å². The zero-order valence-corrected chi connectivity index (χ0v) is 13.3. The smallest absolute Gasteiger partial charge is 0.261 e. The monoisotopic (exact) mass is 357 g/mol. The topological polar surface area (TPSA) is 89.5 Å². The maximum Gasteiger partial charge on any atom is 0.261 e. The molecule has 0 unspecified atom stereocenters. The molecule has 0 atom stereocenters. The molecule has 6 nitrogen and oxygen atoms in total. The molecule has 1 aliphatic carbocycles. The molecule has 0 amide bonds. The van der Waals surface area contributed by atoms with Crippen LogP contribution < -0.4 is 4.72 Å². The van der Waals surface area contributed by atoms with E-state index in [0.717, 1.165) is 12.1 Å². The summed E-state index contributed by atoms with van der Waals surface area (Å²) in [7, 11) is -1.58. The minimum Gasteiger partial charge on any atom is -0.381 e. The summed E-state index contributed by atoms with van der Waals surface area (Å²) in [6.07, 6.45) is 1.00. The maximum absolute atomic E-state index is 13.8. The Labute approximate surface area is 126 Å². The first kappa shape index (κ1) is 16.6. The first-order valence-corrected chi connectivity index (χ1v) is 9.72. The number of methoxy groups -OCH3 is 1. The predicted molar refractivity (Wildman–Crippen MR) is 73.6 cm³/mol. The molecule has 0 aromatic heterocycles. The molecule has 118 valence electrons. The zero-order valence-electron chi connectivity index (χ0n) is 10.9. The van der Waals surface area contributed by atoms with Crippen molar-refractivity contribution in [1.29, 1.82) is 0 Å². The zero-order chi connectivity index (χ0) is 15.8. The van der Waals surface area contributed by atoms with Crippen molar-refractivity contribution in [3.63, 3.8) is 0 Å². The first-order chi connectivity index (χ1) is 9.63. The highest BCUT2D eigenvalue weighted by Crippen LogP contribution is 2.26. The third-order valence-electron chi connectivity index (χ3n) is 3.22. The Morgan fingerprint density at radius 1 is 1.29 bits per heavy atom. The van der Waals surface area contributed by atoms with Gasteiger partial charge in [0.2, 0.25) is 10.0 Å². The fourth-order valence-electron chi connectivity index (χ4n) is 1.99. The van der Waals surface area contributed by atoms with Gasteiger partial charge in [0.05, 0.1) is 11.0 Å². The third-order valence-corrected chi connectivity index (χ3v) is 6.13. The highest BCUT2D eigenvalue weighted by Gasteiger charge is 2.33. The van der Waals surface area contributed by atoms with Gasteiger partial charge in [0.1, 0.15) is 10.7 Å². The van der Waals surface area contributed by atoms with Crippen molar-refractivity contribution in [2.45, 2.75) is 34.8 Å². The van der Waals surface area contributed by atoms with Crippen molar-refractivity contribution < 1.29 is 26.0 Å². The first-order valence-electron chi connectivity index (χ1n) is 5.93. The molecule has 0 aliphatic heterocycles. The summed E-state index contributed by atoms with van der Waals surface area (Å²) in [6.45, 7) is 0. The number of nitrogens with one attached hydrogen (secondary N) is 1. The second-order valence-corrected chi connectivity index (χ2v) is 8.93. The normalized spacial score (nSPS) is 22.8. The van der Waals surface area contributed by atoms with Crippen LogP contribution in [0.3, 0.4) is 0 Å². The van der Waals surface area contributed by atoms with Crippen LogP contribution in [0, 0.1) is 5.82 Å². The fraction of sp³-hybridized carbons (Fsp3) is 0.455. The van der Waals surface area contributed by atoms with E-state index in [1.807, 2.05) is 0 Å². The van der Waals surface area contributed by atoms with E-state index in [1.54, 1.807) is 0 Å². The van der Waals surface area contributed by atoms with Crippen LogP contribution in [0.15, 0.2) is 28.0 Å². The van der Waals surface area contributed by atoms with Gasteiger partial charge in [-0.15, -0.1) is 0 Å². The van der Waals surface area contributed by atoms with Crippen molar-refractivity contribution in [3.8, 4) is 0 Å². The van der Waals surface area contributed by atoms with E-state index in [4.69, 9.17) is 15.4 Å². The standard InChI is InChI=1S/C11H13ClFNO5S2/c1-19-8-4-7(5-8)14-21(17,18)11-3-2-9(6-10(11)13)20(12,15)16/h2-3,6-8,14H,4-5H2,1H3. The van der Waals surface area contributed by atoms with Crippen molar-refractivity contribution in [2.24, 2.45) is 0 Å². The van der Waals surface area contributed by atoms with Gasteiger partial charge in [-0.2, -0.15) is 0 Å². The number of sulfonamides is 1. The van der Waals surface area contributed by atoms with Crippen molar-refractivity contribution >= 4 is 29.8 Å². The molecular weight excluding hydrogens is 345 g/mol. The summed E-state index contributed by atoms with van der Waals surface area (Å²) in [6, 6.07) is 2.07. The Balaban J connectivity index is 2.21. The van der Waals surface area contributed by atoms with Crippen LogP contribution in [0.4, 0.5) is 4.39 Å². The number of hydrogen-bond donors (Lipinski definition) is 1. The molecule has 0 heterocycles. The molecule has 1 aromatic rings. The molecule has 0 saturated heterocycles. The Bertz CT molecular complexity index is 744. The van der Waals surface area contributed by atoms with Crippen LogP contribution in [0.25, 0.3) is 0 Å². The van der Waals surface area contributed by atoms with Gasteiger partial charge < -0.3 is 4.74 Å². The predicted octanol–water partition coefficient (Wildman–Crippen LogP) is 1.21. The number of hydrogen-bond acceptors (Lipinski definition) is 5. The molecule has 10 heteroatoms. The SMILES string of the molecule is COC1CC(NS(=O)(=O)c2ccc(S(=O)(=O)Cl)cc2F)C1. The van der Waals surface area contributed by atoms with Crippen molar-refractivity contribution in [1.82, 2.24) is 4.72 Å². The molecule has 0 radical (unpaired) electrons. The second kappa shape index (κ2) is 5.81. The minimum atomic E-state index is -4.11. The summed E-state index contributed by atoms with van der Waals surface area (Å²) >= 11 is 0. The van der Waals surface area contributed by atoms with Gasteiger partial charge in [0.25, 0.3) is 9.05 Å². The number of rotatable bonds is 5. The van der Waals surface area contributed by atoms with E-state index in [1.165, 1.54) is 7.11 Å². The summed E-state index contributed by atoms with van der Waals surface area (Å²) in [4.78, 5) is -1.11. The Kier molecular flexibility index (Phi) is 4.60. The highest BCUT2D eigenvalue weighted by atomic mass is 35.7. The lowest BCUT2D eigenvalue weighted by Crippen LogP contribution is -2.47. The van der Waals surface area contributed by atoms with E-state index < -0.39 is 34.7 Å². The van der Waals surface area contributed by atoms with Crippen LogP contribution in [-0.4, -0.2) is 36.1 Å². The molecule has 2 rings (SSSR count). The molecule has 1 aliphatic rings. The molecule has 21 heavy (non-hydrogen) atoms. The summed E-state index contributed by atoms with van der Waals surface area (Å²) in [5, 5.41) is 0. The van der Waals surface area contributed by atoms with E-state index in [0.29, 0.717) is 18.9 Å². The Hall–Kier alpha value is -0.740. The van der Waals surface area contributed by atoms with Gasteiger partial charge >= 0.3 is 0 Å². The largest absolute Gasteiger partial charge is 0.381 e. The average molecular weight is 358 g/mol. The lowest BCUT2D eigenvalue weighted by atomic mass is 9.90. The van der Waals surface area contributed by atoms with Crippen LogP contribution in [0.2, 0.25) is 0 Å². The third kappa shape index (κ3) is 3.72. The van der Waals surface area contributed by atoms with Gasteiger partial charge in [-0.1, -0.05) is 0 Å². The lowest BCUT2D eigenvalue weighted by Gasteiger charge is -2.34. The fourth-order valence-corrected chi connectivity index (χ4v) is 4.07. The Morgan fingerprint density at radius 3 is 2.38 bits per heavy atom. The summed E-state index contributed by atoms with van der Waals surface area (Å²) < 4.78 is 67.4. The lowest BCUT2D eigenvalue weighted by molar-refractivity contribution is 0.0236. The minimum absolute atomic E-state index is 0.00804. The van der Waals surface area contributed by atoms with E-state index in [-0.39, 0.29) is 12.1 Å². The Morgan fingerprint density at radius 2 is 1.90 bits per heavy atom. The van der Waals surface area contributed by atoms with Gasteiger partial charge in [0, 0.05) is 23.8 Å². The summed E-state index contributed by atoms with van der Waals surface area (Å²) in [5.74, 6) is -1.17. The number of benzene rings is 1. The molecule has 1 N–H and O–H groups in total. The van der Waals surface area contributed by atoms with Gasteiger partial charge in [-0.25, -0.2) is 25.9 Å². The number of halogens is 2. The van der Waals surface area contributed by atoms with Gasteiger partial charge in [0.15, 0.2) is 0 Å². The number of ether oxygens (including phenoxy) is 1. The van der Waals surface area contributed by atoms with Crippen LogP contribution in [-0.2, 0) is 23.8 Å². The van der Waals surface area contributed by atoms with Crippen molar-refractivity contribution in [3.05, 3.63) is 24.0 Å². The molecule has 0 bridgehead atoms. The van der Waals surface area contributed by atoms with E-state index in [2.05, 4.69) is 4.72 Å². The summed E-state index contributed by atoms with van der Waals surface area (Å²) in [5.41, 5.74) is 0. The molecular formula is C11H13ClFNO5S2.